The fraction of sp³-hybridized carbons (Fsp3) is 0.0588. The number of sulfonamides is 1. The molecule has 3 aromatic rings. The lowest BCUT2D eigenvalue weighted by Crippen LogP contribution is -2.20. The molecule has 118 valence electrons. The molecule has 0 radical (unpaired) electrons. The maximum atomic E-state index is 12.0. The van der Waals surface area contributed by atoms with Gasteiger partial charge in [0, 0.05) is 16.4 Å². The molecular weight excluding hydrogens is 330 g/mol. The van der Waals surface area contributed by atoms with Crippen molar-refractivity contribution in [2.75, 3.05) is 0 Å². The number of hydrogen-bond acceptors (Lipinski definition) is 4. The molecule has 0 aliphatic rings. The molecular formula is C17H15NO3S2. The number of furan rings is 1. The van der Waals surface area contributed by atoms with Crippen molar-refractivity contribution in [1.29, 1.82) is 0 Å². The summed E-state index contributed by atoms with van der Waals surface area (Å²) < 4.78 is 32.1. The van der Waals surface area contributed by atoms with Gasteiger partial charge < -0.3 is 4.42 Å². The molecule has 1 N–H and O–H groups in total. The molecule has 0 saturated heterocycles. The molecule has 4 nitrogen and oxygen atoms in total. The minimum Gasteiger partial charge on any atom is -0.460 e. The lowest BCUT2D eigenvalue weighted by Gasteiger charge is -2.00. The summed E-state index contributed by atoms with van der Waals surface area (Å²) in [6.07, 6.45) is 1.56. The average molecular weight is 345 g/mol. The summed E-state index contributed by atoms with van der Waals surface area (Å²) >= 11 is 1.59. The fourth-order valence-electron chi connectivity index (χ4n) is 1.98. The second kappa shape index (κ2) is 6.95. The molecule has 3 rings (SSSR count). The van der Waals surface area contributed by atoms with E-state index >= 15 is 0 Å². The highest BCUT2D eigenvalue weighted by Gasteiger charge is 2.09. The van der Waals surface area contributed by atoms with Gasteiger partial charge in [-0.1, -0.05) is 30.3 Å². The van der Waals surface area contributed by atoms with E-state index in [1.807, 2.05) is 53.2 Å². The highest BCUT2D eigenvalue weighted by molar-refractivity contribution is 7.92. The smallest absolute Gasteiger partial charge is 0.234 e. The van der Waals surface area contributed by atoms with Crippen LogP contribution in [0.4, 0.5) is 0 Å². The summed E-state index contributed by atoms with van der Waals surface area (Å²) in [6.45, 7) is 0.117. The summed E-state index contributed by atoms with van der Waals surface area (Å²) in [5.41, 5.74) is 1.82. The standard InChI is InChI=1S/C17H15NO3S2/c19-23(20,11-9-14-4-2-1-3-5-14)18-12-16-6-7-17(21-16)15-8-10-22-13-15/h1-11,13,18H,12H2. The Bertz CT molecular complexity index is 879. The monoisotopic (exact) mass is 345 g/mol. The van der Waals surface area contributed by atoms with Crippen LogP contribution >= 0.6 is 11.3 Å². The first-order chi connectivity index (χ1) is 11.1. The maximum Gasteiger partial charge on any atom is 0.234 e. The summed E-state index contributed by atoms with van der Waals surface area (Å²) in [7, 11) is -3.51. The molecule has 1 aromatic carbocycles. The van der Waals surface area contributed by atoms with Gasteiger partial charge in [0.05, 0.1) is 6.54 Å². The van der Waals surface area contributed by atoms with Crippen molar-refractivity contribution in [1.82, 2.24) is 4.72 Å². The lowest BCUT2D eigenvalue weighted by molar-refractivity contribution is 0.511. The zero-order valence-electron chi connectivity index (χ0n) is 12.2. The van der Waals surface area contributed by atoms with E-state index in [1.54, 1.807) is 23.5 Å². The molecule has 0 bridgehead atoms. The van der Waals surface area contributed by atoms with Gasteiger partial charge in [-0.3, -0.25) is 0 Å². The van der Waals surface area contributed by atoms with Gasteiger partial charge in [0.2, 0.25) is 10.0 Å². The van der Waals surface area contributed by atoms with E-state index in [0.29, 0.717) is 5.76 Å². The molecule has 0 fully saturated rings. The van der Waals surface area contributed by atoms with Crippen LogP contribution in [0.5, 0.6) is 0 Å². The first-order valence-corrected chi connectivity index (χ1v) is 9.45. The average Bonchev–Trinajstić information content (AvgIpc) is 3.23. The van der Waals surface area contributed by atoms with Crippen LogP contribution in [-0.2, 0) is 16.6 Å². The highest BCUT2D eigenvalue weighted by atomic mass is 32.2. The SMILES string of the molecule is O=S(=O)(C=Cc1ccccc1)NCc1ccc(-c2ccsc2)o1. The van der Waals surface area contributed by atoms with Crippen LogP contribution in [0.15, 0.2) is 69.1 Å². The summed E-state index contributed by atoms with van der Waals surface area (Å²) in [4.78, 5) is 0. The number of nitrogens with one attached hydrogen (secondary N) is 1. The van der Waals surface area contributed by atoms with Crippen molar-refractivity contribution in [3.05, 3.63) is 76.0 Å². The quantitative estimate of drug-likeness (QED) is 0.732. The Hall–Kier alpha value is -2.15. The molecule has 6 heteroatoms. The van der Waals surface area contributed by atoms with Crippen LogP contribution in [0.2, 0.25) is 0 Å². The molecule has 0 saturated carbocycles. The maximum absolute atomic E-state index is 12.0. The van der Waals surface area contributed by atoms with Gasteiger partial charge in [-0.2, -0.15) is 11.3 Å². The second-order valence-electron chi connectivity index (χ2n) is 4.86. The third-order valence-electron chi connectivity index (χ3n) is 3.15. The van der Waals surface area contributed by atoms with Gasteiger partial charge in [0.15, 0.2) is 0 Å². The van der Waals surface area contributed by atoms with Crippen molar-refractivity contribution < 1.29 is 12.8 Å². The zero-order valence-corrected chi connectivity index (χ0v) is 13.8. The molecule has 2 aromatic heterocycles. The van der Waals surface area contributed by atoms with E-state index in [1.165, 1.54) is 0 Å². The van der Waals surface area contributed by atoms with E-state index in [0.717, 1.165) is 22.3 Å². The molecule has 23 heavy (non-hydrogen) atoms. The number of rotatable bonds is 6. The number of hydrogen-bond donors (Lipinski definition) is 1. The molecule has 2 heterocycles. The van der Waals surface area contributed by atoms with Crippen molar-refractivity contribution in [2.45, 2.75) is 6.54 Å². The van der Waals surface area contributed by atoms with Crippen molar-refractivity contribution in [3.63, 3.8) is 0 Å². The first kappa shape index (κ1) is 15.7. The van der Waals surface area contributed by atoms with Gasteiger partial charge >= 0.3 is 0 Å². The second-order valence-corrected chi connectivity index (χ2v) is 7.29. The fourth-order valence-corrected chi connectivity index (χ4v) is 3.41. The first-order valence-electron chi connectivity index (χ1n) is 6.96. The Morgan fingerprint density at radius 2 is 1.91 bits per heavy atom. The highest BCUT2D eigenvalue weighted by Crippen LogP contribution is 2.24. The molecule has 0 aliphatic heterocycles. The van der Waals surface area contributed by atoms with Gasteiger partial charge in [-0.25, -0.2) is 13.1 Å². The van der Waals surface area contributed by atoms with E-state index in [2.05, 4.69) is 4.72 Å². The van der Waals surface area contributed by atoms with Crippen LogP contribution in [-0.4, -0.2) is 8.42 Å². The van der Waals surface area contributed by atoms with Crippen LogP contribution in [0.3, 0.4) is 0 Å². The Labute approximate surface area is 139 Å². The van der Waals surface area contributed by atoms with Gasteiger partial charge in [0.25, 0.3) is 0 Å². The molecule has 0 spiro atoms. The molecule has 0 amide bonds. The van der Waals surface area contributed by atoms with Crippen LogP contribution in [0.25, 0.3) is 17.4 Å². The third-order valence-corrected chi connectivity index (χ3v) is 4.88. The van der Waals surface area contributed by atoms with Gasteiger partial charge in [-0.15, -0.1) is 0 Å². The van der Waals surface area contributed by atoms with Crippen LogP contribution in [0, 0.1) is 0 Å². The van der Waals surface area contributed by atoms with Gasteiger partial charge in [-0.05, 0) is 35.2 Å². The van der Waals surface area contributed by atoms with Crippen LogP contribution < -0.4 is 4.72 Å². The van der Waals surface area contributed by atoms with E-state index in [4.69, 9.17) is 4.42 Å². The minimum atomic E-state index is -3.51. The van der Waals surface area contributed by atoms with E-state index in [9.17, 15) is 8.42 Å². The lowest BCUT2D eigenvalue weighted by atomic mass is 10.2. The zero-order chi connectivity index (χ0) is 16.1. The Kier molecular flexibility index (Phi) is 4.76. The predicted octanol–water partition coefficient (Wildman–Crippen LogP) is 4.10. The third kappa shape index (κ3) is 4.41. The van der Waals surface area contributed by atoms with Crippen LogP contribution in [0.1, 0.15) is 11.3 Å². The topological polar surface area (TPSA) is 59.3 Å². The summed E-state index contributed by atoms with van der Waals surface area (Å²) in [5, 5.41) is 5.11. The number of thiophene rings is 1. The molecule has 0 aliphatic carbocycles. The van der Waals surface area contributed by atoms with E-state index in [-0.39, 0.29) is 6.54 Å². The van der Waals surface area contributed by atoms with Crippen molar-refractivity contribution in [2.24, 2.45) is 0 Å². The van der Waals surface area contributed by atoms with Crippen molar-refractivity contribution in [3.8, 4) is 11.3 Å². The van der Waals surface area contributed by atoms with Gasteiger partial charge in [0.1, 0.15) is 11.5 Å². The number of benzene rings is 1. The normalized spacial score (nSPS) is 12.0. The predicted molar refractivity (Wildman–Crippen MR) is 93.3 cm³/mol. The Morgan fingerprint density at radius 3 is 2.65 bits per heavy atom. The minimum absolute atomic E-state index is 0.117. The Morgan fingerprint density at radius 1 is 1.09 bits per heavy atom. The summed E-state index contributed by atoms with van der Waals surface area (Å²) in [5.74, 6) is 1.31. The largest absolute Gasteiger partial charge is 0.460 e. The van der Waals surface area contributed by atoms with E-state index < -0.39 is 10.0 Å². The summed E-state index contributed by atoms with van der Waals surface area (Å²) in [6, 6.07) is 14.8. The Balaban J connectivity index is 1.62. The molecule has 0 unspecified atom stereocenters. The molecule has 0 atom stereocenters. The van der Waals surface area contributed by atoms with Crippen molar-refractivity contribution >= 4 is 27.4 Å².